The molecule has 0 fully saturated rings. The number of hydrogen-bond donors (Lipinski definition) is 2. The molecule has 24 heavy (non-hydrogen) atoms. The van der Waals surface area contributed by atoms with Gasteiger partial charge in [-0.15, -0.1) is 0 Å². The monoisotopic (exact) mass is 348 g/mol. The van der Waals surface area contributed by atoms with Gasteiger partial charge >= 0.3 is 5.97 Å². The third kappa shape index (κ3) is 4.30. The van der Waals surface area contributed by atoms with Crippen LogP contribution >= 0.6 is 11.6 Å². The van der Waals surface area contributed by atoms with Crippen molar-refractivity contribution in [1.82, 2.24) is 5.32 Å². The fraction of sp³-hybridized carbons (Fsp3) is 0.125. The van der Waals surface area contributed by atoms with Crippen LogP contribution in [0.4, 0.5) is 5.69 Å². The zero-order valence-corrected chi connectivity index (χ0v) is 13.1. The van der Waals surface area contributed by atoms with Gasteiger partial charge in [0.1, 0.15) is 6.04 Å². The first-order valence-electron chi connectivity index (χ1n) is 6.90. The molecule has 0 aliphatic heterocycles. The van der Waals surface area contributed by atoms with Crippen LogP contribution in [0.1, 0.15) is 15.9 Å². The summed E-state index contributed by atoms with van der Waals surface area (Å²) >= 11 is 5.88. The molecule has 0 saturated carbocycles. The second-order valence-electron chi connectivity index (χ2n) is 4.98. The van der Waals surface area contributed by atoms with Crippen molar-refractivity contribution in [2.24, 2.45) is 0 Å². The average molecular weight is 349 g/mol. The van der Waals surface area contributed by atoms with Crippen molar-refractivity contribution < 1.29 is 19.6 Å². The van der Waals surface area contributed by atoms with E-state index in [1.54, 1.807) is 30.3 Å². The van der Waals surface area contributed by atoms with Gasteiger partial charge in [0, 0.05) is 18.6 Å². The Bertz CT molecular complexity index is 779. The molecule has 8 heteroatoms. The zero-order valence-electron chi connectivity index (χ0n) is 12.3. The molecule has 1 atom stereocenters. The first kappa shape index (κ1) is 17.4. The third-order valence-electron chi connectivity index (χ3n) is 3.29. The number of nitro groups is 1. The minimum atomic E-state index is -1.19. The van der Waals surface area contributed by atoms with Crippen LogP contribution in [0.5, 0.6) is 0 Å². The molecule has 2 N–H and O–H groups in total. The number of carbonyl (C=O) groups excluding carboxylic acids is 1. The number of carboxylic acid groups (broad SMARTS) is 1. The van der Waals surface area contributed by atoms with Gasteiger partial charge < -0.3 is 10.4 Å². The number of hydrogen-bond acceptors (Lipinski definition) is 4. The van der Waals surface area contributed by atoms with E-state index in [9.17, 15) is 24.8 Å². The van der Waals surface area contributed by atoms with Crippen LogP contribution in [-0.4, -0.2) is 27.9 Å². The molecule has 0 saturated heterocycles. The number of nitrogens with zero attached hydrogens (tertiary/aromatic N) is 1. The molecule has 2 rings (SSSR count). The number of nitrogens with one attached hydrogen (secondary N) is 1. The molecular formula is C16H13ClN2O5. The molecule has 124 valence electrons. The van der Waals surface area contributed by atoms with E-state index in [1.165, 1.54) is 6.07 Å². The number of nitro benzene ring substituents is 1. The first-order valence-corrected chi connectivity index (χ1v) is 7.28. The highest BCUT2D eigenvalue weighted by atomic mass is 35.5. The lowest BCUT2D eigenvalue weighted by molar-refractivity contribution is -0.384. The van der Waals surface area contributed by atoms with Crippen molar-refractivity contribution in [3.8, 4) is 0 Å². The van der Waals surface area contributed by atoms with Crippen LogP contribution in [-0.2, 0) is 11.2 Å². The summed E-state index contributed by atoms with van der Waals surface area (Å²) < 4.78 is 0. The summed E-state index contributed by atoms with van der Waals surface area (Å²) in [5.74, 6) is -1.90. The van der Waals surface area contributed by atoms with Gasteiger partial charge in [0.15, 0.2) is 0 Å². The minimum absolute atomic E-state index is 0.0263. The molecule has 1 unspecified atom stereocenters. The number of carboxylic acids is 1. The SMILES string of the molecule is O=C(NC(Cc1ccccc1)C(=O)O)c1ccc([N+](=O)[O-])cc1Cl. The molecule has 0 heterocycles. The molecule has 1 amide bonds. The van der Waals surface area contributed by atoms with Crippen molar-refractivity contribution in [3.05, 3.63) is 74.8 Å². The van der Waals surface area contributed by atoms with Crippen LogP contribution in [0.15, 0.2) is 48.5 Å². The van der Waals surface area contributed by atoms with Crippen molar-refractivity contribution in [3.63, 3.8) is 0 Å². The Labute approximate surface area is 142 Å². The number of carbonyl (C=O) groups is 2. The summed E-state index contributed by atoms with van der Waals surface area (Å²) in [5.41, 5.74) is 0.470. The summed E-state index contributed by atoms with van der Waals surface area (Å²) in [4.78, 5) is 33.6. The summed E-state index contributed by atoms with van der Waals surface area (Å²) in [6.07, 6.45) is 0.104. The van der Waals surface area contributed by atoms with Crippen LogP contribution in [0, 0.1) is 10.1 Å². The van der Waals surface area contributed by atoms with Crippen molar-refractivity contribution in [1.29, 1.82) is 0 Å². The van der Waals surface area contributed by atoms with Gasteiger partial charge in [-0.2, -0.15) is 0 Å². The molecule has 0 aliphatic rings. The Hall–Kier alpha value is -2.93. The van der Waals surface area contributed by atoms with Crippen LogP contribution in [0.25, 0.3) is 0 Å². The fourth-order valence-electron chi connectivity index (χ4n) is 2.09. The highest BCUT2D eigenvalue weighted by Gasteiger charge is 2.23. The quantitative estimate of drug-likeness (QED) is 0.616. The van der Waals surface area contributed by atoms with Crippen molar-refractivity contribution >= 4 is 29.2 Å². The standard InChI is InChI=1S/C16H13ClN2O5/c17-13-9-11(19(23)24)6-7-12(13)15(20)18-14(16(21)22)8-10-4-2-1-3-5-10/h1-7,9,14H,8H2,(H,18,20)(H,21,22). The topological polar surface area (TPSA) is 110 Å². The van der Waals surface area contributed by atoms with E-state index in [0.717, 1.165) is 17.7 Å². The van der Waals surface area contributed by atoms with E-state index in [-0.39, 0.29) is 22.7 Å². The zero-order chi connectivity index (χ0) is 17.7. The predicted octanol–water partition coefficient (Wildman–Crippen LogP) is 2.67. The lowest BCUT2D eigenvalue weighted by Crippen LogP contribution is -2.42. The maximum atomic E-state index is 12.2. The fourth-order valence-corrected chi connectivity index (χ4v) is 2.35. The number of aliphatic carboxylic acids is 1. The number of halogens is 1. The van der Waals surface area contributed by atoms with E-state index < -0.39 is 22.8 Å². The minimum Gasteiger partial charge on any atom is -0.480 e. The number of benzene rings is 2. The van der Waals surface area contributed by atoms with Gasteiger partial charge in [-0.1, -0.05) is 41.9 Å². The predicted molar refractivity (Wildman–Crippen MR) is 87.1 cm³/mol. The molecular weight excluding hydrogens is 336 g/mol. The van der Waals surface area contributed by atoms with E-state index in [0.29, 0.717) is 0 Å². The second kappa shape index (κ2) is 7.56. The summed E-state index contributed by atoms with van der Waals surface area (Å²) in [5, 5.41) is 22.2. The van der Waals surface area contributed by atoms with Crippen LogP contribution in [0.2, 0.25) is 5.02 Å². The Balaban J connectivity index is 2.16. The molecule has 0 radical (unpaired) electrons. The molecule has 2 aromatic rings. The van der Waals surface area contributed by atoms with E-state index in [1.807, 2.05) is 0 Å². The van der Waals surface area contributed by atoms with E-state index in [4.69, 9.17) is 11.6 Å². The van der Waals surface area contributed by atoms with Gasteiger partial charge in [-0.3, -0.25) is 14.9 Å². The van der Waals surface area contributed by atoms with Gasteiger partial charge in [0.2, 0.25) is 0 Å². The molecule has 0 aromatic heterocycles. The van der Waals surface area contributed by atoms with E-state index in [2.05, 4.69) is 5.32 Å². The Morgan fingerprint density at radius 2 is 1.88 bits per heavy atom. The Morgan fingerprint density at radius 3 is 2.42 bits per heavy atom. The summed E-state index contributed by atoms with van der Waals surface area (Å²) in [7, 11) is 0. The summed E-state index contributed by atoms with van der Waals surface area (Å²) in [6.45, 7) is 0. The maximum absolute atomic E-state index is 12.2. The molecule has 0 aliphatic carbocycles. The third-order valence-corrected chi connectivity index (χ3v) is 3.61. The van der Waals surface area contributed by atoms with Crippen LogP contribution < -0.4 is 5.32 Å². The smallest absolute Gasteiger partial charge is 0.326 e. The first-order chi connectivity index (χ1) is 11.4. The Kier molecular flexibility index (Phi) is 5.49. The lowest BCUT2D eigenvalue weighted by Gasteiger charge is -2.15. The lowest BCUT2D eigenvalue weighted by atomic mass is 10.1. The van der Waals surface area contributed by atoms with Crippen molar-refractivity contribution in [2.45, 2.75) is 12.5 Å². The van der Waals surface area contributed by atoms with E-state index >= 15 is 0 Å². The van der Waals surface area contributed by atoms with Gasteiger partial charge in [-0.25, -0.2) is 4.79 Å². The van der Waals surface area contributed by atoms with Crippen LogP contribution in [0.3, 0.4) is 0 Å². The molecule has 0 bridgehead atoms. The highest BCUT2D eigenvalue weighted by Crippen LogP contribution is 2.22. The largest absolute Gasteiger partial charge is 0.480 e. The Morgan fingerprint density at radius 1 is 1.21 bits per heavy atom. The number of rotatable bonds is 6. The van der Waals surface area contributed by atoms with Gasteiger partial charge in [0.25, 0.3) is 11.6 Å². The molecule has 7 nitrogen and oxygen atoms in total. The normalized spacial score (nSPS) is 11.5. The van der Waals surface area contributed by atoms with Gasteiger partial charge in [-0.05, 0) is 11.6 Å². The van der Waals surface area contributed by atoms with Gasteiger partial charge in [0.05, 0.1) is 15.5 Å². The number of amides is 1. The molecule has 2 aromatic carbocycles. The maximum Gasteiger partial charge on any atom is 0.326 e. The second-order valence-corrected chi connectivity index (χ2v) is 5.38. The summed E-state index contributed by atoms with van der Waals surface area (Å²) in [6, 6.07) is 11.1. The highest BCUT2D eigenvalue weighted by molar-refractivity contribution is 6.34. The van der Waals surface area contributed by atoms with Crippen molar-refractivity contribution in [2.75, 3.05) is 0 Å². The molecule has 0 spiro atoms. The average Bonchev–Trinajstić information content (AvgIpc) is 2.54. The number of non-ortho nitro benzene ring substituents is 1.